The molecule has 100 valence electrons. The lowest BCUT2D eigenvalue weighted by atomic mass is 9.69. The van der Waals surface area contributed by atoms with Gasteiger partial charge in [-0.05, 0) is 48.9 Å². The van der Waals surface area contributed by atoms with Gasteiger partial charge in [0.05, 0.1) is 0 Å². The normalized spacial score (nSPS) is 33.6. The van der Waals surface area contributed by atoms with E-state index in [1.807, 2.05) is 0 Å². The molecule has 0 aromatic heterocycles. The van der Waals surface area contributed by atoms with Gasteiger partial charge in [0.25, 0.3) is 0 Å². The molecule has 1 rings (SSSR count). The fraction of sp³-hybridized carbons (Fsp3) is 1.00. The molecule has 0 amide bonds. The number of hydrogen-bond donors (Lipinski definition) is 0. The highest BCUT2D eigenvalue weighted by molar-refractivity contribution is 7.56. The molecule has 0 spiro atoms. The monoisotopic (exact) mass is 254 g/mol. The zero-order valence-corrected chi connectivity index (χ0v) is 13.7. The van der Waals surface area contributed by atoms with Crippen LogP contribution in [0, 0.1) is 29.6 Å². The van der Waals surface area contributed by atoms with Gasteiger partial charge in [-0.2, -0.15) is 9.12 Å². The summed E-state index contributed by atoms with van der Waals surface area (Å²) in [7, 11) is 3.00. The Labute approximate surface area is 112 Å². The van der Waals surface area contributed by atoms with Crippen molar-refractivity contribution in [3.05, 3.63) is 0 Å². The van der Waals surface area contributed by atoms with E-state index >= 15 is 0 Å². The molecule has 1 saturated carbocycles. The van der Waals surface area contributed by atoms with Crippen molar-refractivity contribution in [3.63, 3.8) is 0 Å². The van der Waals surface area contributed by atoms with Crippen molar-refractivity contribution in [1.82, 2.24) is 0 Å². The SMILES string of the molecule is CC(C)CCC1CC(C)C(BP)C1CC(C)C. The molecule has 17 heavy (non-hydrogen) atoms. The summed E-state index contributed by atoms with van der Waals surface area (Å²) in [5.74, 6) is 5.68. The van der Waals surface area contributed by atoms with E-state index < -0.39 is 0 Å². The molecule has 0 radical (unpaired) electrons. The predicted octanol–water partition coefficient (Wildman–Crippen LogP) is 4.76. The van der Waals surface area contributed by atoms with Gasteiger partial charge in [-0.1, -0.05) is 46.9 Å². The summed E-state index contributed by atoms with van der Waals surface area (Å²) in [5.41, 5.74) is 0. The van der Waals surface area contributed by atoms with Gasteiger partial charge in [0.1, 0.15) is 7.00 Å². The number of hydrogen-bond acceptors (Lipinski definition) is 0. The molecule has 0 aliphatic heterocycles. The lowest BCUT2D eigenvalue weighted by Crippen LogP contribution is -2.17. The fourth-order valence-corrected chi connectivity index (χ4v) is 4.61. The molecule has 0 N–H and O–H groups in total. The third-order valence-electron chi connectivity index (χ3n) is 4.69. The van der Waals surface area contributed by atoms with Gasteiger partial charge in [-0.15, -0.1) is 0 Å². The van der Waals surface area contributed by atoms with Crippen LogP contribution in [0.5, 0.6) is 0 Å². The molecule has 5 atom stereocenters. The van der Waals surface area contributed by atoms with Crippen LogP contribution >= 0.6 is 9.12 Å². The van der Waals surface area contributed by atoms with Crippen LogP contribution in [0.1, 0.15) is 60.3 Å². The maximum Gasteiger partial charge on any atom is 0.148 e. The first-order valence-electron chi connectivity index (χ1n) is 7.65. The quantitative estimate of drug-likeness (QED) is 0.473. The molecule has 1 aliphatic carbocycles. The van der Waals surface area contributed by atoms with Gasteiger partial charge < -0.3 is 0 Å². The van der Waals surface area contributed by atoms with Crippen molar-refractivity contribution < 1.29 is 0 Å². The second kappa shape index (κ2) is 7.17. The summed E-state index contributed by atoms with van der Waals surface area (Å²) in [6.45, 7) is 13.3. The maximum absolute atomic E-state index is 3.00. The minimum absolute atomic E-state index is 0.867. The molecule has 0 nitrogen and oxygen atoms in total. The molecule has 0 bridgehead atoms. The maximum atomic E-state index is 3.00. The topological polar surface area (TPSA) is 0 Å². The van der Waals surface area contributed by atoms with Crippen molar-refractivity contribution in [3.8, 4) is 0 Å². The number of rotatable bonds is 6. The highest BCUT2D eigenvalue weighted by Crippen LogP contribution is 2.50. The molecule has 2 heteroatoms. The Hall–Kier alpha value is 0.495. The Morgan fingerprint density at radius 1 is 1.18 bits per heavy atom. The van der Waals surface area contributed by atoms with E-state index in [1.165, 1.54) is 32.7 Å². The lowest BCUT2D eigenvalue weighted by Gasteiger charge is -2.27. The fourth-order valence-electron chi connectivity index (χ4n) is 3.80. The molecule has 1 aliphatic rings. The van der Waals surface area contributed by atoms with Crippen LogP contribution in [-0.2, 0) is 0 Å². The van der Waals surface area contributed by atoms with Crippen LogP contribution in [0.25, 0.3) is 0 Å². The van der Waals surface area contributed by atoms with E-state index in [1.54, 1.807) is 0 Å². The molecule has 0 saturated heterocycles. The van der Waals surface area contributed by atoms with E-state index in [2.05, 4.69) is 43.7 Å². The van der Waals surface area contributed by atoms with Crippen LogP contribution < -0.4 is 0 Å². The third kappa shape index (κ3) is 4.58. The summed E-state index contributed by atoms with van der Waals surface area (Å²) in [6.07, 6.45) is 5.84. The Morgan fingerprint density at radius 2 is 1.82 bits per heavy atom. The largest absolute Gasteiger partial charge is 0.174 e. The Bertz CT molecular complexity index is 215. The first-order chi connectivity index (χ1) is 7.95. The molecule has 0 aromatic carbocycles. The summed E-state index contributed by atoms with van der Waals surface area (Å²) in [4.78, 5) is 0. The van der Waals surface area contributed by atoms with E-state index in [0.717, 1.165) is 35.4 Å². The average Bonchev–Trinajstić information content (AvgIpc) is 2.51. The zero-order valence-electron chi connectivity index (χ0n) is 12.6. The molecule has 5 unspecified atom stereocenters. The first-order valence-corrected chi connectivity index (χ1v) is 8.47. The van der Waals surface area contributed by atoms with E-state index in [9.17, 15) is 0 Å². The Balaban J connectivity index is 2.60. The van der Waals surface area contributed by atoms with Crippen LogP contribution in [0.2, 0.25) is 5.82 Å². The smallest absolute Gasteiger partial charge is 0.148 e. The van der Waals surface area contributed by atoms with Gasteiger partial charge in [0.2, 0.25) is 0 Å². The van der Waals surface area contributed by atoms with Crippen molar-refractivity contribution >= 4 is 16.1 Å². The van der Waals surface area contributed by atoms with E-state index in [-0.39, 0.29) is 0 Å². The van der Waals surface area contributed by atoms with Crippen LogP contribution in [0.4, 0.5) is 0 Å². The molecule has 0 aromatic rings. The predicted molar refractivity (Wildman–Crippen MR) is 84.9 cm³/mol. The van der Waals surface area contributed by atoms with Crippen LogP contribution in [0.15, 0.2) is 0 Å². The van der Waals surface area contributed by atoms with Gasteiger partial charge in [0, 0.05) is 0 Å². The van der Waals surface area contributed by atoms with Gasteiger partial charge in [-0.3, -0.25) is 0 Å². The summed E-state index contributed by atoms with van der Waals surface area (Å²) < 4.78 is 0. The van der Waals surface area contributed by atoms with Crippen LogP contribution in [0.3, 0.4) is 0 Å². The second-order valence-electron chi connectivity index (χ2n) is 7.14. The van der Waals surface area contributed by atoms with Crippen LogP contribution in [-0.4, -0.2) is 7.00 Å². The van der Waals surface area contributed by atoms with Crippen molar-refractivity contribution in [2.24, 2.45) is 29.6 Å². The molecular formula is C15H32BP. The first kappa shape index (κ1) is 15.6. The Kier molecular flexibility index (Phi) is 6.56. The minimum Gasteiger partial charge on any atom is -0.174 e. The minimum atomic E-state index is 0.867. The lowest BCUT2D eigenvalue weighted by molar-refractivity contribution is 0.292. The van der Waals surface area contributed by atoms with E-state index in [4.69, 9.17) is 0 Å². The molecule has 1 fully saturated rings. The van der Waals surface area contributed by atoms with Crippen molar-refractivity contribution in [2.75, 3.05) is 0 Å². The van der Waals surface area contributed by atoms with E-state index in [0.29, 0.717) is 0 Å². The summed E-state index contributed by atoms with van der Waals surface area (Å²) in [5, 5.41) is 0. The Morgan fingerprint density at radius 3 is 2.29 bits per heavy atom. The second-order valence-corrected chi connectivity index (χ2v) is 7.61. The summed E-state index contributed by atoms with van der Waals surface area (Å²) >= 11 is 0. The molecule has 0 heterocycles. The van der Waals surface area contributed by atoms with Gasteiger partial charge >= 0.3 is 0 Å². The third-order valence-corrected chi connectivity index (χ3v) is 5.24. The highest BCUT2D eigenvalue weighted by atomic mass is 31.0. The van der Waals surface area contributed by atoms with Gasteiger partial charge in [-0.25, -0.2) is 0 Å². The van der Waals surface area contributed by atoms with Crippen molar-refractivity contribution in [2.45, 2.75) is 66.1 Å². The standard InChI is InChI=1S/C15H32BP/c1-10(2)6-7-13-9-12(5)15(16-17)14(13)8-11(3)4/h10-16H,6-9,17H2,1-5H3. The van der Waals surface area contributed by atoms with Crippen molar-refractivity contribution in [1.29, 1.82) is 0 Å². The highest BCUT2D eigenvalue weighted by Gasteiger charge is 2.39. The summed E-state index contributed by atoms with van der Waals surface area (Å²) in [6, 6.07) is 0. The average molecular weight is 254 g/mol. The molecular weight excluding hydrogens is 222 g/mol. The van der Waals surface area contributed by atoms with Gasteiger partial charge in [0.15, 0.2) is 0 Å². The zero-order chi connectivity index (χ0) is 13.0.